The minimum atomic E-state index is -0.906. The first-order valence-corrected chi connectivity index (χ1v) is 25.7. The maximum atomic E-state index is 14.9. The third-order valence-corrected chi connectivity index (χ3v) is 14.6. The number of primary amides is 1. The number of fused-ring (bicyclic) bond motifs is 9. The molecule has 0 unspecified atom stereocenters. The molecule has 5 heterocycles. The van der Waals surface area contributed by atoms with Crippen molar-refractivity contribution in [2.24, 2.45) is 11.1 Å². The lowest BCUT2D eigenvalue weighted by atomic mass is 9.84. The van der Waals surface area contributed by atoms with E-state index in [0.717, 1.165) is 30.4 Å². The Morgan fingerprint density at radius 1 is 0.987 bits per heavy atom. The summed E-state index contributed by atoms with van der Waals surface area (Å²) in [5.41, 5.74) is 17.0. The van der Waals surface area contributed by atoms with Gasteiger partial charge in [-0.2, -0.15) is 10.4 Å². The lowest BCUT2D eigenvalue weighted by molar-refractivity contribution is -0.146. The number of nitrogens with one attached hydrogen (secondary N) is 2. The van der Waals surface area contributed by atoms with Gasteiger partial charge in [0.2, 0.25) is 23.6 Å². The molecule has 4 atom stereocenters. The normalized spacial score (nSPS) is 18.1. The van der Waals surface area contributed by atoms with Gasteiger partial charge in [0, 0.05) is 62.0 Å². The predicted molar refractivity (Wildman–Crippen MR) is 276 cm³/mol. The number of hydrogen-bond donors (Lipinski definition) is 4. The van der Waals surface area contributed by atoms with Gasteiger partial charge in [-0.1, -0.05) is 26.8 Å². The molecule has 8 rings (SSSR count). The molecule has 1 saturated carbocycles. The van der Waals surface area contributed by atoms with Crippen LogP contribution in [0.1, 0.15) is 104 Å². The second-order valence-corrected chi connectivity index (χ2v) is 20.9. The molecule has 2 fully saturated rings. The summed E-state index contributed by atoms with van der Waals surface area (Å²) < 4.78 is 33.9. The number of halogens is 1. The highest BCUT2D eigenvalue weighted by molar-refractivity contribution is 5.97. The van der Waals surface area contributed by atoms with Crippen molar-refractivity contribution in [2.75, 3.05) is 70.9 Å². The summed E-state index contributed by atoms with van der Waals surface area (Å²) >= 11 is 0. The van der Waals surface area contributed by atoms with E-state index in [2.05, 4.69) is 26.6 Å². The Kier molecular flexibility index (Phi) is 16.7. The molecule has 20 nitrogen and oxygen atoms in total. The summed E-state index contributed by atoms with van der Waals surface area (Å²) in [6, 6.07) is 11.4. The van der Waals surface area contributed by atoms with Gasteiger partial charge in [-0.15, -0.1) is 0 Å². The number of carbonyl (C=O) groups excluding carboxylic acids is 5. The van der Waals surface area contributed by atoms with Crippen molar-refractivity contribution < 1.29 is 42.6 Å². The number of likely N-dealkylation sites (N-methyl/N-ethyl adjacent to an activating group) is 2. The molecule has 1 saturated heterocycles. The largest absolute Gasteiger partial charge is 0.491 e. The van der Waals surface area contributed by atoms with E-state index in [-0.39, 0.29) is 113 Å². The van der Waals surface area contributed by atoms with E-state index in [1.54, 1.807) is 53.8 Å². The number of carbonyl (C=O) groups is 5. The Balaban J connectivity index is 0.820. The molecule has 400 valence electrons. The number of amides is 5. The first-order valence-electron chi connectivity index (χ1n) is 25.7. The van der Waals surface area contributed by atoms with Crippen LogP contribution in [0.5, 0.6) is 5.75 Å². The summed E-state index contributed by atoms with van der Waals surface area (Å²) in [7, 11) is 3.34. The van der Waals surface area contributed by atoms with Gasteiger partial charge in [-0.25, -0.2) is 9.37 Å². The zero-order valence-electron chi connectivity index (χ0n) is 43.7. The van der Waals surface area contributed by atoms with Crippen LogP contribution in [0.3, 0.4) is 0 Å². The summed E-state index contributed by atoms with van der Waals surface area (Å²) in [6.07, 6.45) is 5.11. The highest BCUT2D eigenvalue weighted by Crippen LogP contribution is 2.44. The SMILES string of the molecule is CN[C@@H](C)C(=O)N[C@H](C(=O)N1Cc2cc(OCCOCCOCCC(=O)N(C)CCn3nc4c(c3C#N)-c3cnc(N)c(c3)N3CCC[C@@H]3c3cc(F)ccc3C(=O)N(C3CC3)C4)ccc2C[C@H]1C(N)=O)C(C)(C)C. The van der Waals surface area contributed by atoms with Crippen LogP contribution in [0.2, 0.25) is 0 Å². The number of ether oxygens (including phenoxy) is 3. The van der Waals surface area contributed by atoms with Gasteiger partial charge >= 0.3 is 0 Å². The van der Waals surface area contributed by atoms with E-state index < -0.39 is 41.2 Å². The quantitative estimate of drug-likeness (QED) is 0.0975. The Hall–Kier alpha value is -7.15. The van der Waals surface area contributed by atoms with Crippen LogP contribution in [-0.2, 0) is 54.7 Å². The number of nitrogens with two attached hydrogens (primary N) is 2. The zero-order valence-corrected chi connectivity index (χ0v) is 43.7. The van der Waals surface area contributed by atoms with Gasteiger partial charge < -0.3 is 55.9 Å². The number of nitriles is 1. The Morgan fingerprint density at radius 2 is 1.73 bits per heavy atom. The van der Waals surface area contributed by atoms with E-state index in [0.29, 0.717) is 52.4 Å². The number of aromatic nitrogens is 3. The standard InChI is InChI=1S/C54H69FN12O8/c1-32(59-5)51(70)61-48(54(2,3)4)53(72)66-30-35-24-38(13-9-33(35)25-44(66)50(58)69)75-23-22-74-21-20-73-19-15-46(68)63(6)17-18-67-45(28-56)47-34-26-43(49(57)60-29-34)64-16-7-8-42(64)40-27-36(55)10-14-39(40)52(71)65(37-11-12-37)31-41(47)62-67/h9-10,13-14,24,26-27,29,32,37,42,44,48,59H,7-8,11-12,15-23,25,30-31H2,1-6H3,(H2,57,60)(H2,58,69)(H,61,70)/t32-,42+,44-,48+/m0/s1. The van der Waals surface area contributed by atoms with Gasteiger partial charge in [0.05, 0.1) is 69.4 Å². The van der Waals surface area contributed by atoms with E-state index in [1.807, 2.05) is 39.0 Å². The van der Waals surface area contributed by atoms with Crippen LogP contribution in [-0.4, -0.2) is 143 Å². The summed E-state index contributed by atoms with van der Waals surface area (Å²) in [6.45, 7) is 9.72. The molecule has 2 aromatic heterocycles. The number of hydrogen-bond acceptors (Lipinski definition) is 14. The van der Waals surface area contributed by atoms with Gasteiger partial charge in [-0.05, 0) is 98.2 Å². The third kappa shape index (κ3) is 12.2. The van der Waals surface area contributed by atoms with Crippen LogP contribution < -0.4 is 31.7 Å². The topological polar surface area (TPSA) is 257 Å². The number of nitrogens with zero attached hydrogens (tertiary/aromatic N) is 8. The van der Waals surface area contributed by atoms with Gasteiger partial charge in [0.25, 0.3) is 5.91 Å². The van der Waals surface area contributed by atoms with Gasteiger partial charge in [-0.3, -0.25) is 28.7 Å². The van der Waals surface area contributed by atoms with E-state index in [1.165, 1.54) is 17.0 Å². The number of benzene rings is 2. The number of anilines is 2. The van der Waals surface area contributed by atoms with Crippen LogP contribution >= 0.6 is 0 Å². The van der Waals surface area contributed by atoms with Gasteiger partial charge in [0.15, 0.2) is 0 Å². The highest BCUT2D eigenvalue weighted by Gasteiger charge is 2.43. The summed E-state index contributed by atoms with van der Waals surface area (Å²) in [4.78, 5) is 78.7. The highest BCUT2D eigenvalue weighted by atomic mass is 19.1. The zero-order chi connectivity index (χ0) is 53.7. The average molecular weight is 1030 g/mol. The molecule has 0 spiro atoms. The summed E-state index contributed by atoms with van der Waals surface area (Å²) in [5.74, 6) is -1.32. The Labute approximate surface area is 436 Å². The molecular weight excluding hydrogens is 964 g/mol. The summed E-state index contributed by atoms with van der Waals surface area (Å²) in [5, 5.41) is 21.3. The molecule has 4 aliphatic rings. The molecule has 3 aliphatic heterocycles. The van der Waals surface area contributed by atoms with Crippen molar-refractivity contribution in [1.82, 2.24) is 40.1 Å². The van der Waals surface area contributed by atoms with E-state index in [9.17, 15) is 33.6 Å². The minimum Gasteiger partial charge on any atom is -0.491 e. The van der Waals surface area contributed by atoms with Gasteiger partial charge in [0.1, 0.15) is 47.8 Å². The third-order valence-electron chi connectivity index (χ3n) is 14.6. The van der Waals surface area contributed by atoms with Crippen molar-refractivity contribution in [3.8, 4) is 22.9 Å². The maximum Gasteiger partial charge on any atom is 0.254 e. The van der Waals surface area contributed by atoms with Crippen molar-refractivity contribution in [1.29, 1.82) is 5.26 Å². The molecule has 6 N–H and O–H groups in total. The van der Waals surface area contributed by atoms with E-state index >= 15 is 0 Å². The number of nitrogen functional groups attached to an aromatic ring is 1. The molecule has 21 heteroatoms. The first kappa shape index (κ1) is 54.1. The monoisotopic (exact) mass is 1030 g/mol. The molecule has 1 aliphatic carbocycles. The molecule has 0 radical (unpaired) electrons. The maximum absolute atomic E-state index is 14.9. The van der Waals surface area contributed by atoms with Crippen LogP contribution in [0, 0.1) is 22.6 Å². The Morgan fingerprint density at radius 3 is 2.44 bits per heavy atom. The molecule has 2 aromatic carbocycles. The second-order valence-electron chi connectivity index (χ2n) is 20.9. The van der Waals surface area contributed by atoms with Crippen molar-refractivity contribution in [3.05, 3.63) is 88.1 Å². The second kappa shape index (κ2) is 23.2. The van der Waals surface area contributed by atoms with Crippen LogP contribution in [0.4, 0.5) is 15.9 Å². The fraction of sp³-hybridized carbons (Fsp3) is 0.519. The lowest BCUT2D eigenvalue weighted by Crippen LogP contribution is -2.61. The smallest absolute Gasteiger partial charge is 0.254 e. The Bertz CT molecular complexity index is 2840. The molecule has 4 aromatic rings. The number of pyridine rings is 1. The average Bonchev–Trinajstić information content (AvgIpc) is 4.00. The van der Waals surface area contributed by atoms with Crippen LogP contribution in [0.25, 0.3) is 11.1 Å². The minimum absolute atomic E-state index is 0.0279. The first-order chi connectivity index (χ1) is 35.9. The molecular formula is C54H69FN12O8. The number of rotatable bonds is 19. The fourth-order valence-electron chi connectivity index (χ4n) is 10.1. The molecule has 75 heavy (non-hydrogen) atoms. The molecule has 2 bridgehead atoms. The van der Waals surface area contributed by atoms with Crippen molar-refractivity contribution in [2.45, 2.75) is 116 Å². The van der Waals surface area contributed by atoms with Crippen molar-refractivity contribution in [3.63, 3.8) is 0 Å². The van der Waals surface area contributed by atoms with E-state index in [4.69, 9.17) is 30.8 Å². The van der Waals surface area contributed by atoms with Crippen LogP contribution in [0.15, 0.2) is 48.7 Å². The fourth-order valence-corrected chi connectivity index (χ4v) is 10.1. The van der Waals surface area contributed by atoms with Crippen molar-refractivity contribution >= 4 is 41.0 Å². The molecule has 5 amide bonds. The lowest BCUT2D eigenvalue weighted by Gasteiger charge is -2.40. The predicted octanol–water partition coefficient (Wildman–Crippen LogP) is 3.84.